The SMILES string of the molecule is NC(Cc1ccc(OCc2ccccc2)cc1)c1noc(=O)[nH]1. The smallest absolute Gasteiger partial charge is 0.438 e. The molecule has 3 N–H and O–H groups in total. The number of hydrogen-bond donors (Lipinski definition) is 2. The fourth-order valence-corrected chi connectivity index (χ4v) is 2.21. The zero-order valence-electron chi connectivity index (χ0n) is 12.4. The Labute approximate surface area is 132 Å². The molecule has 0 aliphatic heterocycles. The number of benzene rings is 2. The Balaban J connectivity index is 1.57. The van der Waals surface area contributed by atoms with Gasteiger partial charge in [0.25, 0.3) is 0 Å². The van der Waals surface area contributed by atoms with Gasteiger partial charge < -0.3 is 10.5 Å². The molecule has 2 aromatic carbocycles. The molecule has 0 bridgehead atoms. The highest BCUT2D eigenvalue weighted by Gasteiger charge is 2.12. The summed E-state index contributed by atoms with van der Waals surface area (Å²) < 4.78 is 10.2. The number of hydrogen-bond acceptors (Lipinski definition) is 5. The Hall–Kier alpha value is -2.86. The van der Waals surface area contributed by atoms with Crippen LogP contribution in [0.25, 0.3) is 0 Å². The van der Waals surface area contributed by atoms with Crippen molar-refractivity contribution >= 4 is 0 Å². The second-order valence-corrected chi connectivity index (χ2v) is 5.21. The van der Waals surface area contributed by atoms with E-state index >= 15 is 0 Å². The summed E-state index contributed by atoms with van der Waals surface area (Å²) in [6, 6.07) is 17.2. The third-order valence-electron chi connectivity index (χ3n) is 3.44. The monoisotopic (exact) mass is 311 g/mol. The van der Waals surface area contributed by atoms with Crippen LogP contribution in [0.5, 0.6) is 5.75 Å². The lowest BCUT2D eigenvalue weighted by Crippen LogP contribution is -2.16. The minimum Gasteiger partial charge on any atom is -0.489 e. The maximum atomic E-state index is 10.9. The molecule has 0 spiro atoms. The molecule has 0 fully saturated rings. The number of aromatic amines is 1. The van der Waals surface area contributed by atoms with Crippen LogP contribution in [0.1, 0.15) is 23.0 Å². The first-order chi connectivity index (χ1) is 11.2. The van der Waals surface area contributed by atoms with Gasteiger partial charge in [-0.25, -0.2) is 4.79 Å². The van der Waals surface area contributed by atoms with Crippen molar-refractivity contribution in [2.45, 2.75) is 19.1 Å². The summed E-state index contributed by atoms with van der Waals surface area (Å²) in [5.41, 5.74) is 8.13. The van der Waals surface area contributed by atoms with E-state index in [1.807, 2.05) is 54.6 Å². The van der Waals surface area contributed by atoms with Crippen molar-refractivity contribution < 1.29 is 9.26 Å². The molecule has 0 amide bonds. The second kappa shape index (κ2) is 6.93. The van der Waals surface area contributed by atoms with E-state index in [4.69, 9.17) is 10.5 Å². The van der Waals surface area contributed by atoms with Crippen LogP contribution in [0, 0.1) is 0 Å². The molecule has 1 aromatic heterocycles. The van der Waals surface area contributed by atoms with Gasteiger partial charge in [-0.15, -0.1) is 0 Å². The largest absolute Gasteiger partial charge is 0.489 e. The Morgan fingerprint density at radius 1 is 1.09 bits per heavy atom. The number of aromatic nitrogens is 2. The molecular weight excluding hydrogens is 294 g/mol. The van der Waals surface area contributed by atoms with Crippen molar-refractivity contribution in [3.63, 3.8) is 0 Å². The number of nitrogens with two attached hydrogens (primary N) is 1. The van der Waals surface area contributed by atoms with Crippen molar-refractivity contribution in [1.82, 2.24) is 10.1 Å². The van der Waals surface area contributed by atoms with Gasteiger partial charge in [-0.05, 0) is 29.7 Å². The van der Waals surface area contributed by atoms with Crippen molar-refractivity contribution in [2.75, 3.05) is 0 Å². The van der Waals surface area contributed by atoms with Crippen LogP contribution in [-0.2, 0) is 13.0 Å². The fourth-order valence-electron chi connectivity index (χ4n) is 2.21. The van der Waals surface area contributed by atoms with Crippen molar-refractivity contribution in [1.29, 1.82) is 0 Å². The van der Waals surface area contributed by atoms with Gasteiger partial charge in [-0.3, -0.25) is 9.51 Å². The first-order valence-corrected chi connectivity index (χ1v) is 7.28. The molecule has 0 radical (unpaired) electrons. The first-order valence-electron chi connectivity index (χ1n) is 7.28. The molecule has 3 aromatic rings. The van der Waals surface area contributed by atoms with Crippen LogP contribution < -0.4 is 16.2 Å². The number of ether oxygens (including phenoxy) is 1. The number of rotatable bonds is 6. The first kappa shape index (κ1) is 15.1. The van der Waals surface area contributed by atoms with E-state index in [0.29, 0.717) is 18.9 Å². The molecule has 0 aliphatic rings. The Bertz CT molecular complexity index is 794. The number of nitrogens with zero attached hydrogens (tertiary/aromatic N) is 1. The van der Waals surface area contributed by atoms with Crippen LogP contribution in [0.15, 0.2) is 63.9 Å². The summed E-state index contributed by atoms with van der Waals surface area (Å²) in [5.74, 6) is 0.542. The Kier molecular flexibility index (Phi) is 4.54. The summed E-state index contributed by atoms with van der Waals surface area (Å²) in [5, 5.41) is 3.60. The van der Waals surface area contributed by atoms with E-state index in [9.17, 15) is 4.79 Å². The molecule has 3 rings (SSSR count). The van der Waals surface area contributed by atoms with E-state index in [2.05, 4.69) is 14.7 Å². The normalized spacial score (nSPS) is 12.0. The maximum absolute atomic E-state index is 10.9. The molecule has 23 heavy (non-hydrogen) atoms. The van der Waals surface area contributed by atoms with Gasteiger partial charge >= 0.3 is 5.76 Å². The predicted molar refractivity (Wildman–Crippen MR) is 85.0 cm³/mol. The highest BCUT2D eigenvalue weighted by Crippen LogP contribution is 2.17. The van der Waals surface area contributed by atoms with E-state index in [0.717, 1.165) is 16.9 Å². The summed E-state index contributed by atoms with van der Waals surface area (Å²) >= 11 is 0. The molecule has 0 saturated carbocycles. The summed E-state index contributed by atoms with van der Waals surface area (Å²) in [4.78, 5) is 13.4. The quantitative estimate of drug-likeness (QED) is 0.727. The molecule has 1 atom stereocenters. The molecular formula is C17H17N3O3. The minimum absolute atomic E-state index is 0.347. The summed E-state index contributed by atoms with van der Waals surface area (Å²) in [6.07, 6.45) is 0.543. The van der Waals surface area contributed by atoms with Crippen LogP contribution in [0.2, 0.25) is 0 Å². The zero-order chi connectivity index (χ0) is 16.1. The Morgan fingerprint density at radius 2 is 1.83 bits per heavy atom. The molecule has 6 nitrogen and oxygen atoms in total. The van der Waals surface area contributed by atoms with Crippen molar-refractivity contribution in [3.8, 4) is 5.75 Å². The third-order valence-corrected chi connectivity index (χ3v) is 3.44. The molecule has 6 heteroatoms. The summed E-state index contributed by atoms with van der Waals surface area (Å²) in [6.45, 7) is 0.528. The molecule has 1 unspecified atom stereocenters. The van der Waals surface area contributed by atoms with Gasteiger partial charge in [-0.2, -0.15) is 0 Å². The highest BCUT2D eigenvalue weighted by molar-refractivity contribution is 5.28. The standard InChI is InChI=1S/C17H17N3O3/c18-15(16-19-17(21)23-20-16)10-12-6-8-14(9-7-12)22-11-13-4-2-1-3-5-13/h1-9,15H,10-11,18H2,(H,19,20,21). The lowest BCUT2D eigenvalue weighted by Gasteiger charge is -2.09. The fraction of sp³-hybridized carbons (Fsp3) is 0.176. The van der Waals surface area contributed by atoms with Crippen LogP contribution in [-0.4, -0.2) is 10.1 Å². The molecule has 118 valence electrons. The second-order valence-electron chi connectivity index (χ2n) is 5.21. The predicted octanol–water partition coefficient (Wildman–Crippen LogP) is 2.18. The van der Waals surface area contributed by atoms with E-state index < -0.39 is 11.8 Å². The molecule has 0 aliphatic carbocycles. The molecule has 1 heterocycles. The van der Waals surface area contributed by atoms with Crippen LogP contribution >= 0.6 is 0 Å². The number of nitrogens with one attached hydrogen (secondary N) is 1. The molecule has 0 saturated heterocycles. The van der Waals surface area contributed by atoms with E-state index in [1.165, 1.54) is 0 Å². The zero-order valence-corrected chi connectivity index (χ0v) is 12.4. The average Bonchev–Trinajstić information content (AvgIpc) is 3.02. The number of H-pyrrole nitrogens is 1. The van der Waals surface area contributed by atoms with Crippen molar-refractivity contribution in [2.24, 2.45) is 5.73 Å². The van der Waals surface area contributed by atoms with Crippen LogP contribution in [0.3, 0.4) is 0 Å². The highest BCUT2D eigenvalue weighted by atomic mass is 16.5. The summed E-state index contributed by atoms with van der Waals surface area (Å²) in [7, 11) is 0. The lowest BCUT2D eigenvalue weighted by molar-refractivity contribution is 0.306. The van der Waals surface area contributed by atoms with Gasteiger partial charge in [0, 0.05) is 0 Å². The van der Waals surface area contributed by atoms with Crippen LogP contribution in [0.4, 0.5) is 0 Å². The average molecular weight is 311 g/mol. The van der Waals surface area contributed by atoms with Gasteiger partial charge in [0.15, 0.2) is 5.82 Å². The lowest BCUT2D eigenvalue weighted by atomic mass is 10.1. The van der Waals surface area contributed by atoms with Gasteiger partial charge in [0.1, 0.15) is 12.4 Å². The van der Waals surface area contributed by atoms with E-state index in [-0.39, 0.29) is 0 Å². The van der Waals surface area contributed by atoms with Gasteiger partial charge in [0.2, 0.25) is 0 Å². The van der Waals surface area contributed by atoms with Crippen molar-refractivity contribution in [3.05, 3.63) is 82.1 Å². The Morgan fingerprint density at radius 3 is 2.48 bits per heavy atom. The topological polar surface area (TPSA) is 94.1 Å². The van der Waals surface area contributed by atoms with Gasteiger partial charge in [0.05, 0.1) is 6.04 Å². The third kappa shape index (κ3) is 4.08. The minimum atomic E-state index is -0.597. The van der Waals surface area contributed by atoms with E-state index in [1.54, 1.807) is 0 Å². The van der Waals surface area contributed by atoms with Gasteiger partial charge in [-0.1, -0.05) is 47.6 Å². The maximum Gasteiger partial charge on any atom is 0.438 e.